The molecule has 1 amide bonds. The summed E-state index contributed by atoms with van der Waals surface area (Å²) in [7, 11) is 1.62. The molecule has 0 spiro atoms. The molecular weight excluding hydrogens is 330 g/mol. The molecule has 4 atom stereocenters. The highest BCUT2D eigenvalue weighted by molar-refractivity contribution is 5.75. The Balaban J connectivity index is 1.35. The Morgan fingerprint density at radius 1 is 1.38 bits per heavy atom. The number of hydrogen-bond acceptors (Lipinski definition) is 5. The maximum Gasteiger partial charge on any atom is 0.243 e. The van der Waals surface area contributed by atoms with E-state index in [1.807, 2.05) is 24.3 Å². The lowest BCUT2D eigenvalue weighted by molar-refractivity contribution is -0.123. The van der Waals surface area contributed by atoms with Crippen LogP contribution in [0.25, 0.3) is 11.4 Å². The molecule has 0 radical (unpaired) electrons. The van der Waals surface area contributed by atoms with Gasteiger partial charge >= 0.3 is 0 Å². The van der Waals surface area contributed by atoms with Crippen molar-refractivity contribution in [3.63, 3.8) is 0 Å². The number of hydrogen-bond donors (Lipinski definition) is 1. The summed E-state index contributed by atoms with van der Waals surface area (Å²) < 4.78 is 5.21. The van der Waals surface area contributed by atoms with Crippen molar-refractivity contribution >= 4 is 5.91 Å². The molecule has 2 fully saturated rings. The van der Waals surface area contributed by atoms with Crippen molar-refractivity contribution in [1.29, 1.82) is 0 Å². The van der Waals surface area contributed by atoms with Crippen LogP contribution in [-0.2, 0) is 11.3 Å². The summed E-state index contributed by atoms with van der Waals surface area (Å²) in [5, 5.41) is 15.5. The zero-order valence-corrected chi connectivity index (χ0v) is 15.3. The van der Waals surface area contributed by atoms with E-state index in [4.69, 9.17) is 4.74 Å². The first-order valence-electron chi connectivity index (χ1n) is 9.34. The average Bonchev–Trinajstić information content (AvgIpc) is 3.38. The van der Waals surface area contributed by atoms with E-state index in [-0.39, 0.29) is 18.5 Å². The van der Waals surface area contributed by atoms with Gasteiger partial charge in [0.15, 0.2) is 0 Å². The van der Waals surface area contributed by atoms with Gasteiger partial charge in [0.2, 0.25) is 11.7 Å². The molecular formula is C19H25N5O2. The van der Waals surface area contributed by atoms with Crippen molar-refractivity contribution in [1.82, 2.24) is 25.5 Å². The third-order valence-corrected chi connectivity index (χ3v) is 5.89. The molecule has 1 N–H and O–H groups in total. The second kappa shape index (κ2) is 7.05. The van der Waals surface area contributed by atoms with Gasteiger partial charge in [0.1, 0.15) is 12.3 Å². The molecule has 2 aliphatic rings. The minimum Gasteiger partial charge on any atom is -0.497 e. The molecule has 26 heavy (non-hydrogen) atoms. The summed E-state index contributed by atoms with van der Waals surface area (Å²) in [5.41, 5.74) is 0.811. The first-order valence-corrected chi connectivity index (χ1v) is 9.34. The second-order valence-corrected chi connectivity index (χ2v) is 7.57. The lowest BCUT2D eigenvalue weighted by atomic mass is 9.84. The van der Waals surface area contributed by atoms with Gasteiger partial charge in [0.25, 0.3) is 0 Å². The summed E-state index contributed by atoms with van der Waals surface area (Å²) in [6.07, 6.45) is 5.30. The monoisotopic (exact) mass is 355 g/mol. The first-order chi connectivity index (χ1) is 12.6. The highest BCUT2D eigenvalue weighted by Crippen LogP contribution is 2.49. The fraction of sp³-hybridized carbons (Fsp3) is 0.579. The highest BCUT2D eigenvalue weighted by Gasteiger charge is 2.42. The maximum atomic E-state index is 12.4. The number of nitrogens with zero attached hydrogens (tertiary/aromatic N) is 4. The number of amides is 1. The number of methoxy groups -OCH3 is 1. The maximum absolute atomic E-state index is 12.4. The summed E-state index contributed by atoms with van der Waals surface area (Å²) >= 11 is 0. The van der Waals surface area contributed by atoms with E-state index in [2.05, 4.69) is 27.7 Å². The molecule has 7 heteroatoms. The number of rotatable bonds is 6. The molecule has 2 aliphatic carbocycles. The van der Waals surface area contributed by atoms with Crippen molar-refractivity contribution in [2.45, 2.75) is 45.2 Å². The van der Waals surface area contributed by atoms with E-state index in [9.17, 15) is 4.79 Å². The van der Waals surface area contributed by atoms with E-state index in [0.717, 1.165) is 23.1 Å². The molecule has 1 aromatic heterocycles. The Labute approximate surface area is 153 Å². The molecule has 2 bridgehead atoms. The van der Waals surface area contributed by atoms with Gasteiger partial charge in [0.05, 0.1) is 7.11 Å². The van der Waals surface area contributed by atoms with Gasteiger partial charge in [-0.05, 0) is 61.3 Å². The predicted molar refractivity (Wildman–Crippen MR) is 96.3 cm³/mol. The number of nitrogens with one attached hydrogen (secondary N) is 1. The SMILES string of the molecule is COc1cccc(-c2nnn(CC(=O)NC(C)C3CC4CCC3C4)n2)c1. The van der Waals surface area contributed by atoms with Crippen LogP contribution >= 0.6 is 0 Å². The van der Waals surface area contributed by atoms with Gasteiger partial charge < -0.3 is 10.1 Å². The number of fused-ring (bicyclic) bond motifs is 2. The zero-order valence-electron chi connectivity index (χ0n) is 15.3. The summed E-state index contributed by atoms with van der Waals surface area (Å²) in [6, 6.07) is 7.68. The molecule has 0 aliphatic heterocycles. The molecule has 1 heterocycles. The molecule has 4 unspecified atom stereocenters. The summed E-state index contributed by atoms with van der Waals surface area (Å²) in [6.45, 7) is 2.21. The van der Waals surface area contributed by atoms with Gasteiger partial charge in [-0.1, -0.05) is 18.6 Å². The van der Waals surface area contributed by atoms with Crippen LogP contribution in [-0.4, -0.2) is 39.3 Å². The van der Waals surface area contributed by atoms with Crippen LogP contribution in [0.4, 0.5) is 0 Å². The first kappa shape index (κ1) is 17.0. The number of ether oxygens (including phenoxy) is 1. The van der Waals surface area contributed by atoms with Crippen LogP contribution in [0.3, 0.4) is 0 Å². The van der Waals surface area contributed by atoms with Crippen molar-refractivity contribution in [3.8, 4) is 17.1 Å². The van der Waals surface area contributed by atoms with E-state index < -0.39 is 0 Å². The van der Waals surface area contributed by atoms with Gasteiger partial charge in [-0.3, -0.25) is 4.79 Å². The van der Waals surface area contributed by atoms with Crippen molar-refractivity contribution in [3.05, 3.63) is 24.3 Å². The molecule has 4 rings (SSSR count). The number of benzene rings is 1. The highest BCUT2D eigenvalue weighted by atomic mass is 16.5. The van der Waals surface area contributed by atoms with Crippen LogP contribution in [0.5, 0.6) is 5.75 Å². The van der Waals surface area contributed by atoms with E-state index in [0.29, 0.717) is 11.7 Å². The van der Waals surface area contributed by atoms with E-state index in [1.54, 1.807) is 7.11 Å². The molecule has 1 aromatic carbocycles. The molecule has 138 valence electrons. The molecule has 7 nitrogen and oxygen atoms in total. The van der Waals surface area contributed by atoms with E-state index >= 15 is 0 Å². The normalized spacial score (nSPS) is 25.2. The van der Waals surface area contributed by atoms with Crippen molar-refractivity contribution in [2.75, 3.05) is 7.11 Å². The summed E-state index contributed by atoms with van der Waals surface area (Å²) in [4.78, 5) is 13.7. The average molecular weight is 355 g/mol. The van der Waals surface area contributed by atoms with Gasteiger partial charge in [-0.2, -0.15) is 4.80 Å². The second-order valence-electron chi connectivity index (χ2n) is 7.57. The fourth-order valence-electron chi connectivity index (χ4n) is 4.63. The number of tetrazole rings is 1. The van der Waals surface area contributed by atoms with Crippen molar-refractivity contribution in [2.24, 2.45) is 17.8 Å². The number of carbonyl (C=O) groups excluding carboxylic acids is 1. The van der Waals surface area contributed by atoms with Crippen LogP contribution in [0.1, 0.15) is 32.6 Å². The third kappa shape index (κ3) is 3.43. The quantitative estimate of drug-likeness (QED) is 0.860. The standard InChI is InChI=1S/C19H25N5O2/c1-12(17-9-13-6-7-14(17)8-13)20-18(25)11-24-22-19(21-23-24)15-4-3-5-16(10-15)26-2/h3-5,10,12-14,17H,6-9,11H2,1-2H3,(H,20,25). The Morgan fingerprint density at radius 2 is 2.27 bits per heavy atom. The zero-order chi connectivity index (χ0) is 18.1. The van der Waals surface area contributed by atoms with Crippen LogP contribution in [0.2, 0.25) is 0 Å². The molecule has 0 saturated heterocycles. The molecule has 2 saturated carbocycles. The minimum atomic E-state index is -0.0603. The minimum absolute atomic E-state index is 0.0603. The summed E-state index contributed by atoms with van der Waals surface area (Å²) in [5.74, 6) is 3.45. The molecule has 2 aromatic rings. The number of aromatic nitrogens is 4. The Bertz CT molecular complexity index is 790. The van der Waals surface area contributed by atoms with Gasteiger partial charge in [-0.25, -0.2) is 0 Å². The largest absolute Gasteiger partial charge is 0.497 e. The van der Waals surface area contributed by atoms with Crippen LogP contribution in [0, 0.1) is 17.8 Å². The Kier molecular flexibility index (Phi) is 4.61. The van der Waals surface area contributed by atoms with Gasteiger partial charge in [-0.15, -0.1) is 10.2 Å². The van der Waals surface area contributed by atoms with Crippen molar-refractivity contribution < 1.29 is 9.53 Å². The van der Waals surface area contributed by atoms with Crippen LogP contribution < -0.4 is 10.1 Å². The van der Waals surface area contributed by atoms with Gasteiger partial charge in [0, 0.05) is 11.6 Å². The fourth-order valence-corrected chi connectivity index (χ4v) is 4.63. The Morgan fingerprint density at radius 3 is 3.00 bits per heavy atom. The lowest BCUT2D eigenvalue weighted by Crippen LogP contribution is -2.41. The number of carbonyl (C=O) groups is 1. The van der Waals surface area contributed by atoms with Crippen LogP contribution in [0.15, 0.2) is 24.3 Å². The smallest absolute Gasteiger partial charge is 0.243 e. The Hall–Kier alpha value is -2.44. The van der Waals surface area contributed by atoms with E-state index in [1.165, 1.54) is 30.5 Å². The third-order valence-electron chi connectivity index (χ3n) is 5.89. The topological polar surface area (TPSA) is 81.9 Å². The predicted octanol–water partition coefficient (Wildman–Crippen LogP) is 2.29. The lowest BCUT2D eigenvalue weighted by Gasteiger charge is -2.28.